The van der Waals surface area contributed by atoms with E-state index >= 15 is 0 Å². The van der Waals surface area contributed by atoms with Crippen LogP contribution >= 0.6 is 0 Å². The third-order valence-electron chi connectivity index (χ3n) is 3.49. The molecule has 76 valence electrons. The monoisotopic (exact) mass is 188 g/mol. The second-order valence-corrected chi connectivity index (χ2v) is 4.88. The molecule has 0 aliphatic heterocycles. The highest BCUT2D eigenvalue weighted by atomic mass is 14.2. The Morgan fingerprint density at radius 3 is 2.43 bits per heavy atom. The smallest absolute Gasteiger partial charge is 0.0159 e. The summed E-state index contributed by atoms with van der Waals surface area (Å²) in [6.45, 7) is 4.55. The van der Waals surface area contributed by atoms with Gasteiger partial charge < -0.3 is 0 Å². The lowest BCUT2D eigenvalue weighted by atomic mass is 9.79. The van der Waals surface area contributed by atoms with Gasteiger partial charge in [-0.3, -0.25) is 0 Å². The van der Waals surface area contributed by atoms with Gasteiger partial charge in [0.1, 0.15) is 0 Å². The van der Waals surface area contributed by atoms with E-state index in [9.17, 15) is 0 Å². The molecule has 0 heterocycles. The highest BCUT2D eigenvalue weighted by molar-refractivity contribution is 5.24. The van der Waals surface area contributed by atoms with Crippen molar-refractivity contribution in [2.24, 2.45) is 5.92 Å². The third-order valence-corrected chi connectivity index (χ3v) is 3.49. The molecule has 14 heavy (non-hydrogen) atoms. The molecule has 1 aromatic carbocycles. The van der Waals surface area contributed by atoms with Crippen molar-refractivity contribution in [1.82, 2.24) is 0 Å². The van der Waals surface area contributed by atoms with Crippen molar-refractivity contribution >= 4 is 0 Å². The zero-order valence-corrected chi connectivity index (χ0v) is 9.29. The van der Waals surface area contributed by atoms with E-state index in [0.717, 1.165) is 11.8 Å². The van der Waals surface area contributed by atoms with Gasteiger partial charge in [-0.2, -0.15) is 0 Å². The van der Waals surface area contributed by atoms with Crippen LogP contribution in [-0.4, -0.2) is 0 Å². The van der Waals surface area contributed by atoms with E-state index in [4.69, 9.17) is 0 Å². The molecule has 2 rings (SSSR count). The SMILES string of the molecule is Cc1ccc([C@H]2CCC[C@@H](C)C2)cc1. The fourth-order valence-corrected chi connectivity index (χ4v) is 2.58. The van der Waals surface area contributed by atoms with E-state index in [1.165, 1.54) is 31.2 Å². The Bertz CT molecular complexity index is 283. The van der Waals surface area contributed by atoms with E-state index in [0.29, 0.717) is 0 Å². The number of hydrogen-bond donors (Lipinski definition) is 0. The number of benzene rings is 1. The summed E-state index contributed by atoms with van der Waals surface area (Å²) in [6.07, 6.45) is 5.64. The molecule has 2 atom stereocenters. The fourth-order valence-electron chi connectivity index (χ4n) is 2.58. The number of rotatable bonds is 1. The maximum atomic E-state index is 2.39. The second-order valence-electron chi connectivity index (χ2n) is 4.88. The van der Waals surface area contributed by atoms with Crippen LogP contribution in [0.1, 0.15) is 49.7 Å². The van der Waals surface area contributed by atoms with Crippen LogP contribution in [0.3, 0.4) is 0 Å². The molecule has 1 aliphatic carbocycles. The zero-order valence-electron chi connectivity index (χ0n) is 9.29. The highest BCUT2D eigenvalue weighted by Crippen LogP contribution is 2.35. The van der Waals surface area contributed by atoms with Crippen LogP contribution in [0.25, 0.3) is 0 Å². The van der Waals surface area contributed by atoms with E-state index in [1.54, 1.807) is 5.56 Å². The second kappa shape index (κ2) is 4.16. The molecular formula is C14H20. The summed E-state index contributed by atoms with van der Waals surface area (Å²) in [7, 11) is 0. The first kappa shape index (κ1) is 9.76. The molecule has 0 bridgehead atoms. The quantitative estimate of drug-likeness (QED) is 0.616. The lowest BCUT2D eigenvalue weighted by Gasteiger charge is -2.27. The summed E-state index contributed by atoms with van der Waals surface area (Å²) in [5, 5.41) is 0. The Morgan fingerprint density at radius 2 is 1.79 bits per heavy atom. The van der Waals surface area contributed by atoms with Gasteiger partial charge in [0.2, 0.25) is 0 Å². The topological polar surface area (TPSA) is 0 Å². The molecule has 0 amide bonds. The maximum absolute atomic E-state index is 2.39. The molecule has 0 N–H and O–H groups in total. The molecule has 0 radical (unpaired) electrons. The lowest BCUT2D eigenvalue weighted by Crippen LogP contribution is -2.11. The van der Waals surface area contributed by atoms with Crippen LogP contribution in [0.4, 0.5) is 0 Å². The fraction of sp³-hybridized carbons (Fsp3) is 0.571. The molecule has 0 aromatic heterocycles. The van der Waals surface area contributed by atoms with Gasteiger partial charge in [0, 0.05) is 0 Å². The van der Waals surface area contributed by atoms with E-state index in [-0.39, 0.29) is 0 Å². The van der Waals surface area contributed by atoms with Crippen LogP contribution in [0.5, 0.6) is 0 Å². The molecule has 0 heteroatoms. The molecule has 0 unspecified atom stereocenters. The largest absolute Gasteiger partial charge is 0.0625 e. The van der Waals surface area contributed by atoms with E-state index < -0.39 is 0 Å². The Morgan fingerprint density at radius 1 is 1.07 bits per heavy atom. The molecular weight excluding hydrogens is 168 g/mol. The molecule has 1 aromatic rings. The van der Waals surface area contributed by atoms with Gasteiger partial charge in [0.15, 0.2) is 0 Å². The van der Waals surface area contributed by atoms with Gasteiger partial charge in [-0.1, -0.05) is 49.6 Å². The average Bonchev–Trinajstić information content (AvgIpc) is 2.19. The van der Waals surface area contributed by atoms with Crippen molar-refractivity contribution in [2.75, 3.05) is 0 Å². The van der Waals surface area contributed by atoms with Gasteiger partial charge in [-0.05, 0) is 37.2 Å². The first-order valence-corrected chi connectivity index (χ1v) is 5.82. The first-order valence-electron chi connectivity index (χ1n) is 5.82. The Balaban J connectivity index is 2.10. The summed E-state index contributed by atoms with van der Waals surface area (Å²) in [4.78, 5) is 0. The Hall–Kier alpha value is -0.780. The van der Waals surface area contributed by atoms with Crippen molar-refractivity contribution in [1.29, 1.82) is 0 Å². The Kier molecular flexibility index (Phi) is 2.90. The predicted octanol–water partition coefficient (Wildman–Crippen LogP) is 4.29. The average molecular weight is 188 g/mol. The van der Waals surface area contributed by atoms with Crippen molar-refractivity contribution < 1.29 is 0 Å². The minimum Gasteiger partial charge on any atom is -0.0625 e. The molecule has 0 saturated heterocycles. The minimum absolute atomic E-state index is 0.833. The standard InChI is InChI=1S/C14H20/c1-11-6-8-13(9-7-11)14-5-3-4-12(2)10-14/h6-9,12,14H,3-5,10H2,1-2H3/t12-,14+/m1/s1. The van der Waals surface area contributed by atoms with Gasteiger partial charge in [0.05, 0.1) is 0 Å². The number of aryl methyl sites for hydroxylation is 1. The highest BCUT2D eigenvalue weighted by Gasteiger charge is 2.19. The van der Waals surface area contributed by atoms with Gasteiger partial charge in [0.25, 0.3) is 0 Å². The zero-order chi connectivity index (χ0) is 9.97. The first-order chi connectivity index (χ1) is 6.75. The van der Waals surface area contributed by atoms with Gasteiger partial charge in [-0.15, -0.1) is 0 Å². The summed E-state index contributed by atoms with van der Waals surface area (Å²) in [6, 6.07) is 9.12. The van der Waals surface area contributed by atoms with Crippen molar-refractivity contribution in [3.05, 3.63) is 35.4 Å². The normalized spacial score (nSPS) is 27.6. The summed E-state index contributed by atoms with van der Waals surface area (Å²) < 4.78 is 0. The molecule has 1 saturated carbocycles. The Labute approximate surface area is 87.3 Å². The van der Waals surface area contributed by atoms with Crippen molar-refractivity contribution in [2.45, 2.75) is 45.4 Å². The lowest BCUT2D eigenvalue weighted by molar-refractivity contribution is 0.344. The summed E-state index contributed by atoms with van der Waals surface area (Å²) in [5.41, 5.74) is 2.93. The molecule has 1 fully saturated rings. The summed E-state index contributed by atoms with van der Waals surface area (Å²) >= 11 is 0. The van der Waals surface area contributed by atoms with Gasteiger partial charge in [-0.25, -0.2) is 0 Å². The van der Waals surface area contributed by atoms with E-state index in [2.05, 4.69) is 38.1 Å². The third kappa shape index (κ3) is 2.17. The van der Waals surface area contributed by atoms with Crippen LogP contribution in [0, 0.1) is 12.8 Å². The summed E-state index contributed by atoms with van der Waals surface area (Å²) in [5.74, 6) is 1.76. The number of hydrogen-bond acceptors (Lipinski definition) is 0. The predicted molar refractivity (Wildman–Crippen MR) is 61.6 cm³/mol. The van der Waals surface area contributed by atoms with E-state index in [1.807, 2.05) is 0 Å². The maximum Gasteiger partial charge on any atom is -0.0159 e. The van der Waals surface area contributed by atoms with Crippen LogP contribution < -0.4 is 0 Å². The molecule has 0 nitrogen and oxygen atoms in total. The molecule has 0 spiro atoms. The molecule has 1 aliphatic rings. The van der Waals surface area contributed by atoms with Crippen LogP contribution in [0.15, 0.2) is 24.3 Å². The van der Waals surface area contributed by atoms with Crippen LogP contribution in [0.2, 0.25) is 0 Å². The minimum atomic E-state index is 0.833. The van der Waals surface area contributed by atoms with Gasteiger partial charge >= 0.3 is 0 Å². The van der Waals surface area contributed by atoms with Crippen molar-refractivity contribution in [3.8, 4) is 0 Å². The van der Waals surface area contributed by atoms with Crippen LogP contribution in [-0.2, 0) is 0 Å². The van der Waals surface area contributed by atoms with Crippen molar-refractivity contribution in [3.63, 3.8) is 0 Å².